The van der Waals surface area contributed by atoms with Crippen LogP contribution in [0.5, 0.6) is 0 Å². The number of hydrogen-bond acceptors (Lipinski definition) is 9. The molecule has 3 N–H and O–H groups in total. The van der Waals surface area contributed by atoms with Crippen molar-refractivity contribution in [3.8, 4) is 16.4 Å². The Labute approximate surface area is 220 Å². The van der Waals surface area contributed by atoms with E-state index in [4.69, 9.17) is 27.9 Å². The number of hydrogen-bond donors (Lipinski definition) is 3. The lowest BCUT2D eigenvalue weighted by atomic mass is 9.91. The maximum Gasteiger partial charge on any atom is 0.418 e. The van der Waals surface area contributed by atoms with E-state index in [1.165, 1.54) is 34.5 Å². The average Bonchev–Trinajstić information content (AvgIpc) is 3.59. The van der Waals surface area contributed by atoms with Gasteiger partial charge in [0.05, 0.1) is 29.7 Å². The van der Waals surface area contributed by atoms with Gasteiger partial charge >= 0.3 is 6.18 Å². The maximum absolute atomic E-state index is 13.8. The van der Waals surface area contributed by atoms with Crippen LogP contribution >= 0.6 is 34.5 Å². The van der Waals surface area contributed by atoms with E-state index < -0.39 is 48.8 Å². The molecule has 10 nitrogen and oxygen atoms in total. The van der Waals surface area contributed by atoms with Crippen molar-refractivity contribution < 1.29 is 33.2 Å². The van der Waals surface area contributed by atoms with Gasteiger partial charge in [-0.2, -0.15) is 18.3 Å². The maximum atomic E-state index is 13.8. The van der Waals surface area contributed by atoms with Gasteiger partial charge in [0.2, 0.25) is 0 Å². The van der Waals surface area contributed by atoms with Gasteiger partial charge in [-0.1, -0.05) is 28.4 Å². The molecule has 3 aromatic heterocycles. The summed E-state index contributed by atoms with van der Waals surface area (Å²) in [5.41, 5.74) is -1.05. The molecular formula is C21H17Cl2F3N6O4S. The molecule has 1 aliphatic rings. The number of aromatic nitrogens is 6. The fourth-order valence-electron chi connectivity index (χ4n) is 4.20. The van der Waals surface area contributed by atoms with E-state index in [2.05, 4.69) is 20.4 Å². The Morgan fingerprint density at radius 2 is 1.92 bits per heavy atom. The Morgan fingerprint density at radius 1 is 1.14 bits per heavy atom. The van der Waals surface area contributed by atoms with Crippen molar-refractivity contribution >= 4 is 34.5 Å². The molecule has 5 atom stereocenters. The van der Waals surface area contributed by atoms with Crippen LogP contribution in [0.15, 0.2) is 42.0 Å². The Morgan fingerprint density at radius 3 is 2.59 bits per heavy atom. The quantitative estimate of drug-likeness (QED) is 0.330. The first-order valence-electron chi connectivity index (χ1n) is 10.6. The van der Waals surface area contributed by atoms with Crippen LogP contribution in [0.3, 0.4) is 0 Å². The molecular weight excluding hydrogens is 560 g/mol. The summed E-state index contributed by atoms with van der Waals surface area (Å²) in [6, 6.07) is 3.19. The molecule has 0 saturated carbocycles. The fraction of sp³-hybridized carbons (Fsp3) is 0.333. The second-order valence-electron chi connectivity index (χ2n) is 8.14. The third-order valence-electron chi connectivity index (χ3n) is 5.86. The molecule has 1 aliphatic heterocycles. The molecule has 1 fully saturated rings. The molecule has 196 valence electrons. The van der Waals surface area contributed by atoms with Crippen molar-refractivity contribution in [2.75, 3.05) is 6.61 Å². The van der Waals surface area contributed by atoms with E-state index in [0.29, 0.717) is 10.7 Å². The number of thiazole rings is 1. The lowest BCUT2D eigenvalue weighted by Crippen LogP contribution is -2.53. The summed E-state index contributed by atoms with van der Waals surface area (Å²) in [6.07, 6.45) is -7.59. The number of nitrogens with zero attached hydrogens (tertiary/aromatic N) is 6. The highest BCUT2D eigenvalue weighted by Gasteiger charge is 2.48. The lowest BCUT2D eigenvalue weighted by Gasteiger charge is -2.42. The summed E-state index contributed by atoms with van der Waals surface area (Å²) >= 11 is 13.1. The highest BCUT2D eigenvalue weighted by Crippen LogP contribution is 2.41. The van der Waals surface area contributed by atoms with Crippen molar-refractivity contribution in [3.63, 3.8) is 0 Å². The second kappa shape index (κ2) is 9.94. The molecule has 0 unspecified atom stereocenters. The van der Waals surface area contributed by atoms with Crippen LogP contribution in [-0.4, -0.2) is 70.0 Å². The van der Waals surface area contributed by atoms with Gasteiger partial charge in [0, 0.05) is 16.6 Å². The van der Waals surface area contributed by atoms with Gasteiger partial charge < -0.3 is 20.1 Å². The first kappa shape index (κ1) is 26.0. The SMILES string of the molecule is OC[C@H]1O[C@@H](c2ccnn2-c2cc(Cl)ccc2C(F)(F)F)[C@H](O)[C@@H](n2cc(-c3nc(Cl)cs3)nn2)[C@H]1O. The van der Waals surface area contributed by atoms with E-state index in [9.17, 15) is 28.5 Å². The summed E-state index contributed by atoms with van der Waals surface area (Å²) in [4.78, 5) is 4.11. The molecule has 5 rings (SSSR count). The smallest absolute Gasteiger partial charge is 0.394 e. The van der Waals surface area contributed by atoms with Crippen LogP contribution in [-0.2, 0) is 10.9 Å². The highest BCUT2D eigenvalue weighted by molar-refractivity contribution is 7.13. The third kappa shape index (κ3) is 4.85. The van der Waals surface area contributed by atoms with Gasteiger partial charge in [0.25, 0.3) is 0 Å². The first-order valence-corrected chi connectivity index (χ1v) is 12.3. The Kier molecular flexibility index (Phi) is 7.00. The zero-order valence-electron chi connectivity index (χ0n) is 18.4. The second-order valence-corrected chi connectivity index (χ2v) is 9.82. The molecule has 1 aromatic carbocycles. The van der Waals surface area contributed by atoms with Crippen LogP contribution < -0.4 is 0 Å². The van der Waals surface area contributed by atoms with Crippen molar-refractivity contribution in [1.29, 1.82) is 0 Å². The zero-order valence-corrected chi connectivity index (χ0v) is 20.7. The monoisotopic (exact) mass is 576 g/mol. The Balaban J connectivity index is 1.55. The number of halogens is 5. The third-order valence-corrected chi connectivity index (χ3v) is 7.28. The van der Waals surface area contributed by atoms with Crippen molar-refractivity contribution in [2.45, 2.75) is 36.6 Å². The first-order chi connectivity index (χ1) is 17.6. The van der Waals surface area contributed by atoms with Crippen molar-refractivity contribution in [3.05, 3.63) is 63.5 Å². The number of ether oxygens (including phenoxy) is 1. The fourth-order valence-corrected chi connectivity index (χ4v) is 5.26. The van der Waals surface area contributed by atoms with E-state index in [-0.39, 0.29) is 21.6 Å². The van der Waals surface area contributed by atoms with Gasteiger partial charge in [-0.15, -0.1) is 16.4 Å². The minimum absolute atomic E-state index is 0.0302. The Bertz CT molecular complexity index is 1410. The predicted molar refractivity (Wildman–Crippen MR) is 125 cm³/mol. The standard InChI is InChI=1S/C21H17Cl2F3N6O4S/c22-9-1-2-10(21(24,25)26)13(5-9)32-12(3-4-27-32)19-18(35)16(17(34)14(7-33)36-19)31-6-11(29-30-31)20-28-15(23)8-37-20/h1-6,8,14,16-19,33-35H,7H2/t14-,16+,17+,18-,19+/m1/s1. The summed E-state index contributed by atoms with van der Waals surface area (Å²) in [7, 11) is 0. The molecule has 0 bridgehead atoms. The summed E-state index contributed by atoms with van der Waals surface area (Å²) in [6.45, 7) is -0.649. The van der Waals surface area contributed by atoms with Gasteiger partial charge in [0.15, 0.2) is 0 Å². The minimum atomic E-state index is -4.72. The molecule has 4 aromatic rings. The van der Waals surface area contributed by atoms with Gasteiger partial charge in [0.1, 0.15) is 46.3 Å². The largest absolute Gasteiger partial charge is 0.418 e. The zero-order chi connectivity index (χ0) is 26.5. The number of aliphatic hydroxyl groups is 3. The van der Waals surface area contributed by atoms with Crippen molar-refractivity contribution in [2.24, 2.45) is 0 Å². The number of rotatable bonds is 5. The van der Waals surface area contributed by atoms with E-state index in [0.717, 1.165) is 22.9 Å². The van der Waals surface area contributed by atoms with Crippen LogP contribution in [0.25, 0.3) is 16.4 Å². The molecule has 4 heterocycles. The minimum Gasteiger partial charge on any atom is -0.394 e. The van der Waals surface area contributed by atoms with E-state index >= 15 is 0 Å². The molecule has 37 heavy (non-hydrogen) atoms. The molecule has 0 spiro atoms. The van der Waals surface area contributed by atoms with Gasteiger partial charge in [-0.25, -0.2) is 14.3 Å². The summed E-state index contributed by atoms with van der Waals surface area (Å²) < 4.78 is 49.2. The van der Waals surface area contributed by atoms with Gasteiger partial charge in [-0.05, 0) is 24.3 Å². The van der Waals surface area contributed by atoms with Crippen LogP contribution in [0.4, 0.5) is 13.2 Å². The molecule has 0 aliphatic carbocycles. The van der Waals surface area contributed by atoms with Gasteiger partial charge in [-0.3, -0.25) is 0 Å². The average molecular weight is 577 g/mol. The molecule has 0 radical (unpaired) electrons. The number of benzene rings is 1. The number of aliphatic hydroxyl groups excluding tert-OH is 3. The predicted octanol–water partition coefficient (Wildman–Crippen LogP) is 3.31. The number of alkyl halides is 3. The topological polar surface area (TPSA) is 131 Å². The molecule has 1 saturated heterocycles. The van der Waals surface area contributed by atoms with Crippen LogP contribution in [0.2, 0.25) is 10.2 Å². The summed E-state index contributed by atoms with van der Waals surface area (Å²) in [5.74, 6) is 0. The highest BCUT2D eigenvalue weighted by atomic mass is 35.5. The van der Waals surface area contributed by atoms with E-state index in [1.807, 2.05) is 0 Å². The van der Waals surface area contributed by atoms with Crippen LogP contribution in [0, 0.1) is 0 Å². The molecule has 16 heteroatoms. The Hall–Kier alpha value is -2.59. The van der Waals surface area contributed by atoms with E-state index in [1.54, 1.807) is 5.38 Å². The normalized spacial score (nSPS) is 24.5. The summed E-state index contributed by atoms with van der Waals surface area (Å²) in [5, 5.41) is 46.4. The van der Waals surface area contributed by atoms with Crippen LogP contribution in [0.1, 0.15) is 23.4 Å². The lowest BCUT2D eigenvalue weighted by molar-refractivity contribution is -0.209. The molecule has 0 amide bonds. The van der Waals surface area contributed by atoms with Crippen molar-refractivity contribution in [1.82, 2.24) is 29.8 Å².